The van der Waals surface area contributed by atoms with Gasteiger partial charge in [-0.1, -0.05) is 38.3 Å². The van der Waals surface area contributed by atoms with Crippen molar-refractivity contribution in [2.45, 2.75) is 83.6 Å². The van der Waals surface area contributed by atoms with Crippen LogP contribution < -0.4 is 5.32 Å². The summed E-state index contributed by atoms with van der Waals surface area (Å²) < 4.78 is 0. The van der Waals surface area contributed by atoms with Crippen LogP contribution in [-0.4, -0.2) is 41.6 Å². The standard InChI is InChI=1S/C26H36N2O3/c1-18(29)23(19-8-4-3-5-9-19)27-24(30)21-11-6-10-20(16-21)22-12-7-15-28(17-22)25(31)26(2)13-14-26/h6,10-11,16,19,22-23H,3-5,7-9,12-15,17H2,1-2H3,(H,27,30)/t22?,23-/m0/s1. The fourth-order valence-electron chi connectivity index (χ4n) is 5.39. The molecule has 1 aliphatic heterocycles. The van der Waals surface area contributed by atoms with E-state index in [4.69, 9.17) is 0 Å². The summed E-state index contributed by atoms with van der Waals surface area (Å²) in [5.74, 6) is 0.686. The number of amides is 2. The molecule has 5 nitrogen and oxygen atoms in total. The van der Waals surface area contributed by atoms with Crippen LogP contribution in [0.3, 0.4) is 0 Å². The summed E-state index contributed by atoms with van der Waals surface area (Å²) in [5, 5.41) is 3.03. The lowest BCUT2D eigenvalue weighted by Gasteiger charge is -2.35. The first-order valence-electron chi connectivity index (χ1n) is 12.1. The van der Waals surface area contributed by atoms with Gasteiger partial charge in [0, 0.05) is 30.0 Å². The zero-order chi connectivity index (χ0) is 22.0. The summed E-state index contributed by atoms with van der Waals surface area (Å²) in [4.78, 5) is 40.1. The van der Waals surface area contributed by atoms with Crippen molar-refractivity contribution < 1.29 is 14.4 Å². The van der Waals surface area contributed by atoms with Crippen LogP contribution in [0, 0.1) is 11.3 Å². The highest BCUT2D eigenvalue weighted by Gasteiger charge is 2.47. The minimum absolute atomic E-state index is 0.0476. The average Bonchev–Trinajstić information content (AvgIpc) is 3.55. The van der Waals surface area contributed by atoms with Crippen molar-refractivity contribution in [3.05, 3.63) is 35.4 Å². The van der Waals surface area contributed by atoms with Gasteiger partial charge in [0.15, 0.2) is 5.78 Å². The van der Waals surface area contributed by atoms with Gasteiger partial charge in [-0.2, -0.15) is 0 Å². The summed E-state index contributed by atoms with van der Waals surface area (Å²) in [6.45, 7) is 5.23. The molecule has 1 saturated heterocycles. The molecule has 1 unspecified atom stereocenters. The summed E-state index contributed by atoms with van der Waals surface area (Å²) in [6.07, 6.45) is 9.54. The molecular weight excluding hydrogens is 388 g/mol. The Balaban J connectivity index is 1.44. The second kappa shape index (κ2) is 9.13. The van der Waals surface area contributed by atoms with Crippen molar-refractivity contribution >= 4 is 17.6 Å². The number of carbonyl (C=O) groups excluding carboxylic acids is 3. The quantitative estimate of drug-likeness (QED) is 0.733. The molecule has 1 N–H and O–H groups in total. The first-order chi connectivity index (χ1) is 14.9. The number of benzene rings is 1. The van der Waals surface area contributed by atoms with E-state index in [0.29, 0.717) is 11.5 Å². The molecule has 0 spiro atoms. The van der Waals surface area contributed by atoms with Crippen molar-refractivity contribution in [1.29, 1.82) is 0 Å². The third-order valence-electron chi connectivity index (χ3n) is 7.69. The molecular formula is C26H36N2O3. The summed E-state index contributed by atoms with van der Waals surface area (Å²) in [6, 6.07) is 7.39. The van der Waals surface area contributed by atoms with E-state index in [1.807, 2.05) is 23.1 Å². The van der Waals surface area contributed by atoms with E-state index in [-0.39, 0.29) is 28.9 Å². The molecule has 4 rings (SSSR count). The van der Waals surface area contributed by atoms with Gasteiger partial charge in [-0.3, -0.25) is 14.4 Å². The van der Waals surface area contributed by atoms with E-state index in [1.54, 1.807) is 6.92 Å². The molecule has 0 aromatic heterocycles. The second-order valence-corrected chi connectivity index (χ2v) is 10.2. The number of hydrogen-bond donors (Lipinski definition) is 1. The molecule has 2 aliphatic carbocycles. The van der Waals surface area contributed by atoms with Crippen LogP contribution in [0.25, 0.3) is 0 Å². The molecule has 1 heterocycles. The number of carbonyl (C=O) groups is 3. The number of piperidine rings is 1. The molecule has 0 radical (unpaired) electrons. The molecule has 0 bridgehead atoms. The van der Waals surface area contributed by atoms with Crippen LogP contribution in [0.15, 0.2) is 24.3 Å². The topological polar surface area (TPSA) is 66.5 Å². The van der Waals surface area contributed by atoms with Gasteiger partial charge in [-0.15, -0.1) is 0 Å². The van der Waals surface area contributed by atoms with E-state index >= 15 is 0 Å². The molecule has 168 valence electrons. The van der Waals surface area contributed by atoms with Gasteiger partial charge in [0.25, 0.3) is 5.91 Å². The zero-order valence-corrected chi connectivity index (χ0v) is 19.0. The van der Waals surface area contributed by atoms with Crippen LogP contribution in [0.1, 0.15) is 93.5 Å². The minimum Gasteiger partial charge on any atom is -0.342 e. The lowest BCUT2D eigenvalue weighted by Crippen LogP contribution is -2.45. The van der Waals surface area contributed by atoms with Gasteiger partial charge in [0.2, 0.25) is 5.91 Å². The molecule has 31 heavy (non-hydrogen) atoms. The number of nitrogens with one attached hydrogen (secondary N) is 1. The molecule has 1 aromatic carbocycles. The zero-order valence-electron chi connectivity index (χ0n) is 19.0. The van der Waals surface area contributed by atoms with Crippen LogP contribution >= 0.6 is 0 Å². The fourth-order valence-corrected chi connectivity index (χ4v) is 5.39. The number of likely N-dealkylation sites (tertiary alicyclic amines) is 1. The maximum absolute atomic E-state index is 13.0. The Labute approximate surface area is 186 Å². The van der Waals surface area contributed by atoms with Crippen molar-refractivity contribution in [2.75, 3.05) is 13.1 Å². The summed E-state index contributed by atoms with van der Waals surface area (Å²) >= 11 is 0. The Kier molecular flexibility index (Phi) is 6.49. The second-order valence-electron chi connectivity index (χ2n) is 10.2. The van der Waals surface area contributed by atoms with Crippen molar-refractivity contribution in [1.82, 2.24) is 10.2 Å². The largest absolute Gasteiger partial charge is 0.342 e. The lowest BCUT2D eigenvalue weighted by atomic mass is 9.82. The van der Waals surface area contributed by atoms with E-state index in [1.165, 1.54) is 6.42 Å². The predicted octanol–water partition coefficient (Wildman–Crippen LogP) is 4.46. The molecule has 3 fully saturated rings. The highest BCUT2D eigenvalue weighted by atomic mass is 16.2. The first-order valence-corrected chi connectivity index (χ1v) is 12.1. The molecule has 2 atom stereocenters. The number of ketones is 1. The third-order valence-corrected chi connectivity index (χ3v) is 7.69. The highest BCUT2D eigenvalue weighted by molar-refractivity contribution is 5.97. The molecule has 1 aromatic rings. The lowest BCUT2D eigenvalue weighted by molar-refractivity contribution is -0.137. The van der Waals surface area contributed by atoms with E-state index < -0.39 is 6.04 Å². The number of rotatable bonds is 6. The van der Waals surface area contributed by atoms with Crippen LogP contribution in [0.2, 0.25) is 0 Å². The molecule has 2 amide bonds. The van der Waals surface area contributed by atoms with Gasteiger partial charge in [-0.05, 0) is 69.1 Å². The Morgan fingerprint density at radius 2 is 1.81 bits per heavy atom. The monoisotopic (exact) mass is 424 g/mol. The van der Waals surface area contributed by atoms with Crippen LogP contribution in [0.4, 0.5) is 0 Å². The van der Waals surface area contributed by atoms with Crippen molar-refractivity contribution in [3.63, 3.8) is 0 Å². The van der Waals surface area contributed by atoms with Gasteiger partial charge in [0.1, 0.15) is 0 Å². The maximum Gasteiger partial charge on any atom is 0.251 e. The fraction of sp³-hybridized carbons (Fsp3) is 0.654. The SMILES string of the molecule is CC(=O)[C@H](NC(=O)c1cccc(C2CCCN(C(=O)C3(C)CC3)C2)c1)C1CCCCC1. The summed E-state index contributed by atoms with van der Waals surface area (Å²) in [7, 11) is 0. The Bertz CT molecular complexity index is 839. The molecule has 3 aliphatic rings. The number of Topliss-reactive ketones (excluding diaryl/α,β-unsaturated/α-hetero) is 1. The first kappa shape index (κ1) is 22.0. The Hall–Kier alpha value is -2.17. The Morgan fingerprint density at radius 3 is 2.48 bits per heavy atom. The van der Waals surface area contributed by atoms with E-state index in [0.717, 1.165) is 70.0 Å². The smallest absolute Gasteiger partial charge is 0.251 e. The van der Waals surface area contributed by atoms with Gasteiger partial charge in [0.05, 0.1) is 6.04 Å². The minimum atomic E-state index is -0.390. The van der Waals surface area contributed by atoms with Crippen molar-refractivity contribution in [3.8, 4) is 0 Å². The average molecular weight is 425 g/mol. The van der Waals surface area contributed by atoms with Gasteiger partial charge >= 0.3 is 0 Å². The van der Waals surface area contributed by atoms with E-state index in [2.05, 4.69) is 18.3 Å². The Morgan fingerprint density at radius 1 is 1.06 bits per heavy atom. The number of nitrogens with zero attached hydrogens (tertiary/aromatic N) is 1. The van der Waals surface area contributed by atoms with Crippen molar-refractivity contribution in [2.24, 2.45) is 11.3 Å². The third kappa shape index (κ3) is 5.02. The predicted molar refractivity (Wildman–Crippen MR) is 121 cm³/mol. The summed E-state index contributed by atoms with van der Waals surface area (Å²) in [5.41, 5.74) is 1.59. The highest BCUT2D eigenvalue weighted by Crippen LogP contribution is 2.47. The van der Waals surface area contributed by atoms with Gasteiger partial charge < -0.3 is 10.2 Å². The molecule has 5 heteroatoms. The van der Waals surface area contributed by atoms with Crippen LogP contribution in [-0.2, 0) is 9.59 Å². The normalized spacial score (nSPS) is 24.3. The van der Waals surface area contributed by atoms with Crippen LogP contribution in [0.5, 0.6) is 0 Å². The maximum atomic E-state index is 13.0. The number of hydrogen-bond acceptors (Lipinski definition) is 3. The van der Waals surface area contributed by atoms with Gasteiger partial charge in [-0.25, -0.2) is 0 Å². The van der Waals surface area contributed by atoms with E-state index in [9.17, 15) is 14.4 Å². The molecule has 2 saturated carbocycles.